The van der Waals surface area contributed by atoms with Crippen LogP contribution in [0.1, 0.15) is 54.1 Å². The van der Waals surface area contributed by atoms with Crippen LogP contribution in [-0.2, 0) is 19.5 Å². The average molecular weight is 454 g/mol. The van der Waals surface area contributed by atoms with E-state index in [1.807, 2.05) is 0 Å². The summed E-state index contributed by atoms with van der Waals surface area (Å²) in [6, 6.07) is 12.0. The van der Waals surface area contributed by atoms with Gasteiger partial charge in [-0.2, -0.15) is 0 Å². The Morgan fingerprint density at radius 1 is 1.16 bits per heavy atom. The second kappa shape index (κ2) is 10.4. The molecule has 1 aliphatic heterocycles. The molecule has 1 aliphatic rings. The summed E-state index contributed by atoms with van der Waals surface area (Å²) in [5.74, 6) is 2.31. The van der Waals surface area contributed by atoms with Crippen LogP contribution in [0, 0.1) is 5.92 Å². The first-order chi connectivity index (χ1) is 15.5. The van der Waals surface area contributed by atoms with Gasteiger partial charge < -0.3 is 14.3 Å². The lowest BCUT2D eigenvalue weighted by Crippen LogP contribution is -2.32. The number of carbonyl (C=O) groups excluding carboxylic acids is 1. The van der Waals surface area contributed by atoms with E-state index in [2.05, 4.69) is 69.3 Å². The number of fused-ring (bicyclic) bond motifs is 1. The lowest BCUT2D eigenvalue weighted by Gasteiger charge is -2.22. The first-order valence-electron chi connectivity index (χ1n) is 11.1. The van der Waals surface area contributed by atoms with Crippen LogP contribution in [0.15, 0.2) is 52.0 Å². The largest absolute Gasteiger partial charge is 0.459 e. The SMILES string of the molecule is CSc1ccc(CN2CCc3nnc(C(CC(C)C)NC(=O)c4ccco4)n3CC2)cc1. The number of nitrogens with zero attached hydrogens (tertiary/aromatic N) is 4. The third kappa shape index (κ3) is 5.42. The van der Waals surface area contributed by atoms with Crippen LogP contribution in [-0.4, -0.2) is 44.9 Å². The molecule has 7 nitrogen and oxygen atoms in total. The Hall–Kier alpha value is -2.58. The summed E-state index contributed by atoms with van der Waals surface area (Å²) in [7, 11) is 0. The lowest BCUT2D eigenvalue weighted by molar-refractivity contribution is 0.0900. The van der Waals surface area contributed by atoms with Crippen molar-refractivity contribution in [2.75, 3.05) is 19.3 Å². The van der Waals surface area contributed by atoms with Gasteiger partial charge in [0.1, 0.15) is 5.82 Å². The molecule has 4 rings (SSSR count). The minimum atomic E-state index is -0.220. The van der Waals surface area contributed by atoms with Gasteiger partial charge in [-0.3, -0.25) is 9.69 Å². The zero-order valence-corrected chi connectivity index (χ0v) is 19.8. The predicted molar refractivity (Wildman–Crippen MR) is 126 cm³/mol. The van der Waals surface area contributed by atoms with E-state index in [9.17, 15) is 4.79 Å². The number of amides is 1. The van der Waals surface area contributed by atoms with Gasteiger partial charge in [-0.25, -0.2) is 0 Å². The Morgan fingerprint density at radius 3 is 2.66 bits per heavy atom. The Labute approximate surface area is 193 Å². The number of rotatable bonds is 8. The van der Waals surface area contributed by atoms with Crippen LogP contribution in [0.25, 0.3) is 0 Å². The van der Waals surface area contributed by atoms with E-state index in [4.69, 9.17) is 4.42 Å². The Balaban J connectivity index is 1.47. The van der Waals surface area contributed by atoms with Crippen LogP contribution >= 0.6 is 11.8 Å². The summed E-state index contributed by atoms with van der Waals surface area (Å²) in [5.41, 5.74) is 1.32. The molecule has 1 amide bonds. The van der Waals surface area contributed by atoms with E-state index in [-0.39, 0.29) is 11.9 Å². The van der Waals surface area contributed by atoms with Crippen molar-refractivity contribution in [3.63, 3.8) is 0 Å². The van der Waals surface area contributed by atoms with Crippen LogP contribution in [0.5, 0.6) is 0 Å². The molecule has 0 saturated carbocycles. The highest BCUT2D eigenvalue weighted by atomic mass is 32.2. The predicted octanol–water partition coefficient (Wildman–Crippen LogP) is 4.17. The maximum absolute atomic E-state index is 12.7. The highest BCUT2D eigenvalue weighted by molar-refractivity contribution is 7.98. The molecule has 8 heteroatoms. The summed E-state index contributed by atoms with van der Waals surface area (Å²) in [4.78, 5) is 16.4. The zero-order valence-electron chi connectivity index (χ0n) is 19.0. The molecule has 3 heterocycles. The smallest absolute Gasteiger partial charge is 0.287 e. The number of furan rings is 1. The highest BCUT2D eigenvalue weighted by Gasteiger charge is 2.27. The van der Waals surface area contributed by atoms with E-state index >= 15 is 0 Å². The molecule has 0 fully saturated rings. The normalized spacial score (nSPS) is 15.4. The maximum atomic E-state index is 12.7. The molecule has 0 bridgehead atoms. The molecular formula is C24H31N5O2S. The minimum Gasteiger partial charge on any atom is -0.459 e. The van der Waals surface area contributed by atoms with Crippen molar-refractivity contribution in [3.8, 4) is 0 Å². The summed E-state index contributed by atoms with van der Waals surface area (Å²) in [5, 5.41) is 12.1. The average Bonchev–Trinajstić information content (AvgIpc) is 3.42. The van der Waals surface area contributed by atoms with Gasteiger partial charge in [0.05, 0.1) is 12.3 Å². The van der Waals surface area contributed by atoms with Gasteiger partial charge in [0.25, 0.3) is 5.91 Å². The van der Waals surface area contributed by atoms with Crippen molar-refractivity contribution in [1.29, 1.82) is 0 Å². The maximum Gasteiger partial charge on any atom is 0.287 e. The molecule has 170 valence electrons. The Kier molecular flexibility index (Phi) is 7.32. The fraction of sp³-hybridized carbons (Fsp3) is 0.458. The Morgan fingerprint density at radius 2 is 1.97 bits per heavy atom. The summed E-state index contributed by atoms with van der Waals surface area (Å²) < 4.78 is 7.47. The number of benzene rings is 1. The third-order valence-electron chi connectivity index (χ3n) is 5.78. The third-order valence-corrected chi connectivity index (χ3v) is 6.53. The molecule has 3 aromatic rings. The monoisotopic (exact) mass is 453 g/mol. The topological polar surface area (TPSA) is 76.2 Å². The molecule has 0 aliphatic carbocycles. The molecule has 2 aromatic heterocycles. The molecular weight excluding hydrogens is 422 g/mol. The molecule has 32 heavy (non-hydrogen) atoms. The number of hydrogen-bond acceptors (Lipinski definition) is 6. The van der Waals surface area contributed by atoms with Crippen LogP contribution in [0.2, 0.25) is 0 Å². The van der Waals surface area contributed by atoms with Crippen molar-refractivity contribution in [3.05, 3.63) is 65.6 Å². The van der Waals surface area contributed by atoms with Gasteiger partial charge in [0, 0.05) is 37.5 Å². The number of hydrogen-bond donors (Lipinski definition) is 1. The van der Waals surface area contributed by atoms with E-state index < -0.39 is 0 Å². The zero-order chi connectivity index (χ0) is 22.5. The first-order valence-corrected chi connectivity index (χ1v) is 12.4. The molecule has 0 saturated heterocycles. The molecule has 0 spiro atoms. The lowest BCUT2D eigenvalue weighted by atomic mass is 10.0. The fourth-order valence-corrected chi connectivity index (χ4v) is 4.54. The number of nitrogens with one attached hydrogen (secondary N) is 1. The molecule has 1 N–H and O–H groups in total. The van der Waals surface area contributed by atoms with Crippen molar-refractivity contribution in [2.45, 2.75) is 50.7 Å². The second-order valence-electron chi connectivity index (χ2n) is 8.63. The van der Waals surface area contributed by atoms with Crippen molar-refractivity contribution >= 4 is 17.7 Å². The van der Waals surface area contributed by atoms with Gasteiger partial charge in [-0.05, 0) is 48.4 Å². The second-order valence-corrected chi connectivity index (χ2v) is 9.51. The summed E-state index contributed by atoms with van der Waals surface area (Å²) in [6.45, 7) is 7.89. The number of aromatic nitrogens is 3. The van der Waals surface area contributed by atoms with Crippen molar-refractivity contribution < 1.29 is 9.21 Å². The van der Waals surface area contributed by atoms with Gasteiger partial charge in [0.15, 0.2) is 11.6 Å². The van der Waals surface area contributed by atoms with Crippen LogP contribution in [0.4, 0.5) is 0 Å². The van der Waals surface area contributed by atoms with E-state index in [1.54, 1.807) is 23.9 Å². The first kappa shape index (κ1) is 22.6. The van der Waals surface area contributed by atoms with Crippen molar-refractivity contribution in [1.82, 2.24) is 25.0 Å². The van der Waals surface area contributed by atoms with E-state index in [1.165, 1.54) is 16.7 Å². The van der Waals surface area contributed by atoms with Gasteiger partial charge >= 0.3 is 0 Å². The molecule has 0 radical (unpaired) electrons. The Bertz CT molecular complexity index is 1010. The van der Waals surface area contributed by atoms with Gasteiger partial charge in [-0.1, -0.05) is 26.0 Å². The van der Waals surface area contributed by atoms with E-state index in [0.29, 0.717) is 11.7 Å². The minimum absolute atomic E-state index is 0.209. The fourth-order valence-electron chi connectivity index (χ4n) is 4.13. The number of thioether (sulfide) groups is 1. The molecule has 1 aromatic carbocycles. The molecule has 1 unspecified atom stereocenters. The summed E-state index contributed by atoms with van der Waals surface area (Å²) in [6.07, 6.45) is 5.24. The standard InChI is InChI=1S/C24H31N5O2S/c1-17(2)15-20(25-24(30)21-5-4-14-31-21)23-27-26-22-10-11-28(12-13-29(22)23)16-18-6-8-19(32-3)9-7-18/h4-9,14,17,20H,10-13,15-16H2,1-3H3,(H,25,30). The van der Waals surface area contributed by atoms with Gasteiger partial charge in [0.2, 0.25) is 0 Å². The van der Waals surface area contributed by atoms with E-state index in [0.717, 1.165) is 50.7 Å². The summed E-state index contributed by atoms with van der Waals surface area (Å²) >= 11 is 1.76. The van der Waals surface area contributed by atoms with Crippen molar-refractivity contribution in [2.24, 2.45) is 5.92 Å². The van der Waals surface area contributed by atoms with Crippen LogP contribution in [0.3, 0.4) is 0 Å². The quantitative estimate of drug-likeness (QED) is 0.516. The highest BCUT2D eigenvalue weighted by Crippen LogP contribution is 2.23. The van der Waals surface area contributed by atoms with Gasteiger partial charge in [-0.15, -0.1) is 22.0 Å². The number of carbonyl (C=O) groups is 1. The van der Waals surface area contributed by atoms with Crippen LogP contribution < -0.4 is 5.32 Å². The molecule has 1 atom stereocenters.